The van der Waals surface area contributed by atoms with E-state index in [2.05, 4.69) is 6.92 Å². The minimum Gasteiger partial charge on any atom is -0.493 e. The molecule has 18 heavy (non-hydrogen) atoms. The third kappa shape index (κ3) is 3.81. The molecule has 0 aromatic heterocycles. The maximum atomic E-state index is 11.1. The first-order valence-corrected chi connectivity index (χ1v) is 6.21. The molecule has 1 N–H and O–H groups in total. The van der Waals surface area contributed by atoms with E-state index < -0.39 is 5.97 Å². The van der Waals surface area contributed by atoms with Crippen molar-refractivity contribution in [1.29, 1.82) is 0 Å². The van der Waals surface area contributed by atoms with Gasteiger partial charge in [0, 0.05) is 11.1 Å². The third-order valence-electron chi connectivity index (χ3n) is 2.46. The van der Waals surface area contributed by atoms with Gasteiger partial charge in [-0.25, -0.2) is 4.79 Å². The Morgan fingerprint density at radius 2 is 2.11 bits per heavy atom. The van der Waals surface area contributed by atoms with Crippen molar-refractivity contribution in [2.24, 2.45) is 0 Å². The van der Waals surface area contributed by atoms with Crippen molar-refractivity contribution in [3.63, 3.8) is 0 Å². The van der Waals surface area contributed by atoms with Gasteiger partial charge in [-0.3, -0.25) is 0 Å². The first kappa shape index (κ1) is 14.6. The molecule has 0 aliphatic rings. The highest BCUT2D eigenvalue weighted by atomic mass is 35.5. The Hall–Kier alpha value is -1.42. The summed E-state index contributed by atoms with van der Waals surface area (Å²) in [5, 5.41) is 9.43. The molecule has 0 atom stereocenters. The quantitative estimate of drug-likeness (QED) is 0.770. The smallest absolute Gasteiger partial charge is 0.339 e. The second-order valence-electron chi connectivity index (χ2n) is 3.85. The third-order valence-corrected chi connectivity index (χ3v) is 2.68. The number of unbranched alkanes of at least 4 members (excludes halogenated alkanes) is 2. The zero-order chi connectivity index (χ0) is 13.5. The second-order valence-corrected chi connectivity index (χ2v) is 4.28. The number of carboxylic acids is 1. The molecule has 100 valence electrons. The normalized spacial score (nSPS) is 10.2. The summed E-state index contributed by atoms with van der Waals surface area (Å²) in [6.07, 6.45) is 2.99. The zero-order valence-electron chi connectivity index (χ0n) is 10.5. The number of ether oxygens (including phenoxy) is 2. The Balaban J connectivity index is 2.94. The van der Waals surface area contributed by atoms with E-state index >= 15 is 0 Å². The van der Waals surface area contributed by atoms with Gasteiger partial charge < -0.3 is 14.6 Å². The molecule has 0 heterocycles. The van der Waals surface area contributed by atoms with Crippen LogP contribution in [0.25, 0.3) is 0 Å². The summed E-state index contributed by atoms with van der Waals surface area (Å²) in [7, 11) is 1.45. The second kappa shape index (κ2) is 7.11. The van der Waals surface area contributed by atoms with E-state index in [-0.39, 0.29) is 11.3 Å². The number of halogens is 1. The molecule has 0 amide bonds. The summed E-state index contributed by atoms with van der Waals surface area (Å²) < 4.78 is 10.6. The molecule has 5 heteroatoms. The Bertz CT molecular complexity index is 418. The number of rotatable bonds is 7. The fourth-order valence-corrected chi connectivity index (χ4v) is 1.76. The molecule has 0 unspecified atom stereocenters. The van der Waals surface area contributed by atoms with Crippen LogP contribution in [0.2, 0.25) is 5.02 Å². The van der Waals surface area contributed by atoms with Crippen molar-refractivity contribution < 1.29 is 19.4 Å². The summed E-state index contributed by atoms with van der Waals surface area (Å²) in [6.45, 7) is 2.55. The van der Waals surface area contributed by atoms with Crippen LogP contribution >= 0.6 is 11.6 Å². The van der Waals surface area contributed by atoms with E-state index in [0.717, 1.165) is 19.3 Å². The topological polar surface area (TPSA) is 55.8 Å². The number of hydrogen-bond acceptors (Lipinski definition) is 3. The lowest BCUT2D eigenvalue weighted by Crippen LogP contribution is -2.06. The van der Waals surface area contributed by atoms with Crippen LogP contribution in [0.4, 0.5) is 0 Å². The highest BCUT2D eigenvalue weighted by molar-refractivity contribution is 6.31. The van der Waals surface area contributed by atoms with E-state index in [1.807, 2.05) is 0 Å². The van der Waals surface area contributed by atoms with Crippen LogP contribution in [0.3, 0.4) is 0 Å². The summed E-state index contributed by atoms with van der Waals surface area (Å²) in [4.78, 5) is 11.1. The Morgan fingerprint density at radius 3 is 2.67 bits per heavy atom. The van der Waals surface area contributed by atoms with E-state index in [4.69, 9.17) is 26.2 Å². The van der Waals surface area contributed by atoms with Gasteiger partial charge in [0.15, 0.2) is 11.5 Å². The van der Waals surface area contributed by atoms with Gasteiger partial charge >= 0.3 is 5.97 Å². The number of aromatic carboxylic acids is 1. The van der Waals surface area contributed by atoms with Crippen LogP contribution in [0.1, 0.15) is 36.5 Å². The highest BCUT2D eigenvalue weighted by Crippen LogP contribution is 2.34. The molecule has 1 rings (SSSR count). The van der Waals surface area contributed by atoms with Gasteiger partial charge in [0.1, 0.15) is 5.56 Å². The number of carboxylic acid groups (broad SMARTS) is 1. The lowest BCUT2D eigenvalue weighted by Gasteiger charge is -2.13. The predicted octanol–water partition coefficient (Wildman–Crippen LogP) is 3.62. The maximum absolute atomic E-state index is 11.1. The van der Waals surface area contributed by atoms with Gasteiger partial charge in [-0.05, 0) is 12.5 Å². The number of benzene rings is 1. The fraction of sp³-hybridized carbons (Fsp3) is 0.462. The molecular weight excluding hydrogens is 256 g/mol. The summed E-state index contributed by atoms with van der Waals surface area (Å²) in [5.74, 6) is -0.497. The van der Waals surface area contributed by atoms with Gasteiger partial charge in [-0.1, -0.05) is 31.4 Å². The minimum absolute atomic E-state index is 0.0239. The predicted molar refractivity (Wildman–Crippen MR) is 70.0 cm³/mol. The SMILES string of the molecule is CCCCCOc1c(OC)cc(Cl)cc1C(=O)O. The Morgan fingerprint density at radius 1 is 1.39 bits per heavy atom. The van der Waals surface area contributed by atoms with Gasteiger partial charge in [-0.15, -0.1) is 0 Å². The monoisotopic (exact) mass is 272 g/mol. The molecule has 1 aromatic rings. The molecule has 0 aliphatic heterocycles. The van der Waals surface area contributed by atoms with Gasteiger partial charge in [0.2, 0.25) is 0 Å². The number of methoxy groups -OCH3 is 1. The molecule has 0 saturated carbocycles. The first-order chi connectivity index (χ1) is 8.60. The fourth-order valence-electron chi connectivity index (χ4n) is 1.55. The molecule has 1 aromatic carbocycles. The number of carbonyl (C=O) groups is 1. The largest absolute Gasteiger partial charge is 0.493 e. The summed E-state index contributed by atoms with van der Waals surface area (Å²) >= 11 is 5.83. The van der Waals surface area contributed by atoms with E-state index in [0.29, 0.717) is 17.4 Å². The summed E-state index contributed by atoms with van der Waals surface area (Å²) in [6, 6.07) is 2.91. The lowest BCUT2D eigenvalue weighted by molar-refractivity contribution is 0.0691. The highest BCUT2D eigenvalue weighted by Gasteiger charge is 2.18. The molecule has 0 radical (unpaired) electrons. The van der Waals surface area contributed by atoms with Gasteiger partial charge in [-0.2, -0.15) is 0 Å². The van der Waals surface area contributed by atoms with Crippen LogP contribution < -0.4 is 9.47 Å². The van der Waals surface area contributed by atoms with E-state index in [1.54, 1.807) is 6.07 Å². The van der Waals surface area contributed by atoms with Crippen molar-refractivity contribution in [3.8, 4) is 11.5 Å². The van der Waals surface area contributed by atoms with Crippen LogP contribution in [0.5, 0.6) is 11.5 Å². The summed E-state index contributed by atoms with van der Waals surface area (Å²) in [5.41, 5.74) is 0.0239. The van der Waals surface area contributed by atoms with E-state index in [9.17, 15) is 4.79 Å². The molecule has 0 fully saturated rings. The van der Waals surface area contributed by atoms with Crippen LogP contribution in [-0.2, 0) is 0 Å². The first-order valence-electron chi connectivity index (χ1n) is 5.83. The zero-order valence-corrected chi connectivity index (χ0v) is 11.3. The van der Waals surface area contributed by atoms with Crippen molar-refractivity contribution in [1.82, 2.24) is 0 Å². The standard InChI is InChI=1S/C13H17ClO4/c1-3-4-5-6-18-12-10(13(15)16)7-9(14)8-11(12)17-2/h7-8H,3-6H2,1-2H3,(H,15,16). The lowest BCUT2D eigenvalue weighted by atomic mass is 10.2. The molecule has 0 saturated heterocycles. The van der Waals surface area contributed by atoms with Crippen LogP contribution in [-0.4, -0.2) is 24.8 Å². The average Bonchev–Trinajstić information content (AvgIpc) is 2.34. The van der Waals surface area contributed by atoms with Crippen LogP contribution in [0, 0.1) is 0 Å². The van der Waals surface area contributed by atoms with Crippen LogP contribution in [0.15, 0.2) is 12.1 Å². The Labute approximate surface area is 111 Å². The van der Waals surface area contributed by atoms with Gasteiger partial charge in [0.25, 0.3) is 0 Å². The molecule has 4 nitrogen and oxygen atoms in total. The molecular formula is C13H17ClO4. The number of hydrogen-bond donors (Lipinski definition) is 1. The molecule has 0 spiro atoms. The van der Waals surface area contributed by atoms with Crippen molar-refractivity contribution >= 4 is 17.6 Å². The molecule has 0 bridgehead atoms. The van der Waals surface area contributed by atoms with Crippen molar-refractivity contribution in [2.45, 2.75) is 26.2 Å². The van der Waals surface area contributed by atoms with Crippen molar-refractivity contribution in [2.75, 3.05) is 13.7 Å². The molecule has 0 aliphatic carbocycles. The Kier molecular flexibility index (Phi) is 5.78. The van der Waals surface area contributed by atoms with Crippen molar-refractivity contribution in [3.05, 3.63) is 22.7 Å². The maximum Gasteiger partial charge on any atom is 0.339 e. The minimum atomic E-state index is -1.08. The average molecular weight is 273 g/mol. The van der Waals surface area contributed by atoms with E-state index in [1.165, 1.54) is 13.2 Å². The van der Waals surface area contributed by atoms with Gasteiger partial charge in [0.05, 0.1) is 13.7 Å².